The number of nitrogens with zero attached hydrogens (tertiary/aromatic N) is 2. The molecule has 0 aromatic heterocycles. The van der Waals surface area contributed by atoms with E-state index in [0.29, 0.717) is 30.3 Å². The molecule has 37 heavy (non-hydrogen) atoms. The predicted molar refractivity (Wildman–Crippen MR) is 157 cm³/mol. The second kappa shape index (κ2) is 24.3. The van der Waals surface area contributed by atoms with E-state index in [2.05, 4.69) is 21.9 Å². The minimum absolute atomic E-state index is 0.320. The van der Waals surface area contributed by atoms with E-state index in [0.717, 1.165) is 22.6 Å². The van der Waals surface area contributed by atoms with E-state index in [1.54, 1.807) is 43.8 Å². The van der Waals surface area contributed by atoms with Gasteiger partial charge in [0.15, 0.2) is 0 Å². The van der Waals surface area contributed by atoms with Crippen LogP contribution in [0.2, 0.25) is 5.02 Å². The molecule has 0 aliphatic carbocycles. The highest BCUT2D eigenvalue weighted by molar-refractivity contribution is 6.31. The molecule has 1 N–H and O–H groups in total. The Hall–Kier alpha value is -3.45. The van der Waals surface area contributed by atoms with Crippen molar-refractivity contribution in [2.75, 3.05) is 32.9 Å². The number of methoxy groups -OCH3 is 1. The Kier molecular flexibility index (Phi) is 23.4. The molecule has 1 aromatic carbocycles. The molecular formula is C29H40ClF2N3O2. The Morgan fingerprint density at radius 1 is 1.14 bits per heavy atom. The number of benzene rings is 1. The van der Waals surface area contributed by atoms with E-state index in [1.165, 1.54) is 12.4 Å². The Balaban J connectivity index is 0. The topological polar surface area (TPSA) is 55.2 Å². The summed E-state index contributed by atoms with van der Waals surface area (Å²) in [5.41, 5.74) is 3.28. The number of anilines is 1. The fourth-order valence-electron chi connectivity index (χ4n) is 2.15. The SMILES string of the molecule is C=C(/C=C\C=C/CF)CO/C=C/C(C)=N\C=N/C(=C/C=C(\C)OC)Nc1ccc(Cl)c(C)c1.CC.CF. The molecule has 204 valence electrons. The number of nitrogens with one attached hydrogen (secondary N) is 1. The van der Waals surface area contributed by atoms with Crippen molar-refractivity contribution in [1.29, 1.82) is 0 Å². The molecule has 0 aliphatic rings. The molecule has 0 heterocycles. The average molecular weight is 536 g/mol. The molecule has 0 bridgehead atoms. The van der Waals surface area contributed by atoms with Crippen molar-refractivity contribution >= 4 is 29.3 Å². The van der Waals surface area contributed by atoms with Crippen LogP contribution in [-0.2, 0) is 9.47 Å². The van der Waals surface area contributed by atoms with Gasteiger partial charge in [0.2, 0.25) is 0 Å². The summed E-state index contributed by atoms with van der Waals surface area (Å²) in [6.07, 6.45) is 14.8. The van der Waals surface area contributed by atoms with E-state index < -0.39 is 6.67 Å². The maximum absolute atomic E-state index is 12.0. The Labute approximate surface area is 226 Å². The summed E-state index contributed by atoms with van der Waals surface area (Å²) < 4.78 is 32.1. The molecule has 1 aromatic rings. The minimum atomic E-state index is -0.490. The van der Waals surface area contributed by atoms with Crippen molar-refractivity contribution in [3.05, 3.63) is 101 Å². The molecule has 1 rings (SSSR count). The molecule has 0 atom stereocenters. The van der Waals surface area contributed by atoms with Gasteiger partial charge in [0.05, 0.1) is 26.3 Å². The van der Waals surface area contributed by atoms with Crippen molar-refractivity contribution in [1.82, 2.24) is 0 Å². The van der Waals surface area contributed by atoms with Crippen LogP contribution < -0.4 is 5.32 Å². The molecule has 0 saturated carbocycles. The van der Waals surface area contributed by atoms with Gasteiger partial charge in [-0.1, -0.05) is 56.3 Å². The van der Waals surface area contributed by atoms with Crippen LogP contribution in [0.5, 0.6) is 0 Å². The van der Waals surface area contributed by atoms with Crippen molar-refractivity contribution in [2.45, 2.75) is 34.6 Å². The fourth-order valence-corrected chi connectivity index (χ4v) is 2.27. The summed E-state index contributed by atoms with van der Waals surface area (Å²) in [7, 11) is 2.11. The van der Waals surface area contributed by atoms with Crippen molar-refractivity contribution in [3.8, 4) is 0 Å². The van der Waals surface area contributed by atoms with Gasteiger partial charge >= 0.3 is 0 Å². The van der Waals surface area contributed by atoms with E-state index in [1.807, 2.05) is 58.9 Å². The first-order valence-electron chi connectivity index (χ1n) is 11.6. The maximum atomic E-state index is 12.0. The van der Waals surface area contributed by atoms with Gasteiger partial charge in [-0.3, -0.25) is 4.39 Å². The normalized spacial score (nSPS) is 12.4. The Bertz CT molecular complexity index is 995. The van der Waals surface area contributed by atoms with Gasteiger partial charge in [-0.15, -0.1) is 0 Å². The molecule has 0 amide bonds. The number of alkyl halides is 2. The summed E-state index contributed by atoms with van der Waals surface area (Å²) in [6.45, 7) is 13.3. The second-order valence-electron chi connectivity index (χ2n) is 6.85. The van der Waals surface area contributed by atoms with Crippen LogP contribution >= 0.6 is 11.6 Å². The lowest BCUT2D eigenvalue weighted by Crippen LogP contribution is -1.98. The minimum Gasteiger partial charge on any atom is -0.501 e. The molecular weight excluding hydrogens is 496 g/mol. The third-order valence-corrected chi connectivity index (χ3v) is 4.45. The van der Waals surface area contributed by atoms with E-state index in [-0.39, 0.29) is 0 Å². The average Bonchev–Trinajstić information content (AvgIpc) is 2.91. The number of hydrogen-bond acceptors (Lipinski definition) is 4. The summed E-state index contributed by atoms with van der Waals surface area (Å²) in [4.78, 5) is 8.69. The summed E-state index contributed by atoms with van der Waals surface area (Å²) in [5, 5.41) is 3.94. The number of rotatable bonds is 13. The number of aryl methyl sites for hydroxylation is 1. The highest BCUT2D eigenvalue weighted by Gasteiger charge is 2.00. The zero-order valence-corrected chi connectivity index (χ0v) is 23.7. The van der Waals surface area contributed by atoms with Gasteiger partial charge in [-0.25, -0.2) is 14.4 Å². The first-order valence-corrected chi connectivity index (χ1v) is 12.0. The van der Waals surface area contributed by atoms with Crippen LogP contribution in [-0.4, -0.2) is 39.6 Å². The molecule has 0 aliphatic heterocycles. The van der Waals surface area contributed by atoms with E-state index in [9.17, 15) is 8.78 Å². The summed E-state index contributed by atoms with van der Waals surface area (Å²) >= 11 is 6.10. The summed E-state index contributed by atoms with van der Waals surface area (Å²) in [6, 6.07) is 5.64. The first-order chi connectivity index (χ1) is 17.8. The van der Waals surface area contributed by atoms with Crippen molar-refractivity contribution in [3.63, 3.8) is 0 Å². The Morgan fingerprint density at radius 2 is 1.84 bits per heavy atom. The van der Waals surface area contributed by atoms with E-state index in [4.69, 9.17) is 21.1 Å². The van der Waals surface area contributed by atoms with Crippen LogP contribution in [0.3, 0.4) is 0 Å². The van der Waals surface area contributed by atoms with E-state index >= 15 is 0 Å². The number of aliphatic imine (C=N–C) groups is 2. The third-order valence-electron chi connectivity index (χ3n) is 4.03. The lowest BCUT2D eigenvalue weighted by atomic mass is 10.2. The second-order valence-corrected chi connectivity index (χ2v) is 7.26. The number of halogens is 3. The van der Waals surface area contributed by atoms with Gasteiger partial charge in [0, 0.05) is 16.4 Å². The molecule has 8 heteroatoms. The van der Waals surface area contributed by atoms with Gasteiger partial charge in [-0.2, -0.15) is 0 Å². The highest BCUT2D eigenvalue weighted by Crippen LogP contribution is 2.20. The quantitative estimate of drug-likeness (QED) is 0.119. The monoisotopic (exact) mass is 535 g/mol. The third kappa shape index (κ3) is 19.4. The Morgan fingerprint density at radius 3 is 2.46 bits per heavy atom. The molecule has 0 unspecified atom stereocenters. The number of ether oxygens (including phenoxy) is 2. The van der Waals surface area contributed by atoms with Crippen molar-refractivity contribution in [2.24, 2.45) is 9.98 Å². The fraction of sp³-hybridized carbons (Fsp3) is 0.310. The zero-order chi connectivity index (χ0) is 28.5. The van der Waals surface area contributed by atoms with Crippen LogP contribution in [0.25, 0.3) is 0 Å². The van der Waals surface area contributed by atoms with Gasteiger partial charge in [0.25, 0.3) is 0 Å². The predicted octanol–water partition coefficient (Wildman–Crippen LogP) is 8.72. The first kappa shape index (κ1) is 35.7. The van der Waals surface area contributed by atoms with Crippen LogP contribution in [0.1, 0.15) is 33.3 Å². The summed E-state index contributed by atoms with van der Waals surface area (Å²) in [5.74, 6) is 1.32. The molecule has 0 radical (unpaired) electrons. The molecule has 0 saturated heterocycles. The molecule has 5 nitrogen and oxygen atoms in total. The molecule has 0 fully saturated rings. The highest BCUT2D eigenvalue weighted by atomic mass is 35.5. The van der Waals surface area contributed by atoms with Gasteiger partial charge in [-0.05, 0) is 68.3 Å². The largest absolute Gasteiger partial charge is 0.501 e. The van der Waals surface area contributed by atoms with Crippen LogP contribution in [0.15, 0.2) is 101 Å². The standard InChI is InChI=1S/C26H31ClFN3O2.C2H6.CH3F/c1-20(9-7-6-8-15-28)18-33-16-14-22(3)29-19-30-26(13-10-23(4)32-5)31-24-11-12-25(27)21(2)17-24;2*1-2/h6-14,16-17,19,31H,1,15,18H2,2-5H3;1-2H3;1H3/b8-6-,9-7-,16-14+,23-10+,26-13-,29-22-,30-19-;;. The lowest BCUT2D eigenvalue weighted by Gasteiger charge is -2.08. The maximum Gasteiger partial charge on any atom is 0.132 e. The van der Waals surface area contributed by atoms with Gasteiger partial charge < -0.3 is 14.8 Å². The van der Waals surface area contributed by atoms with Crippen LogP contribution in [0.4, 0.5) is 14.5 Å². The molecule has 0 spiro atoms. The van der Waals surface area contributed by atoms with Crippen molar-refractivity contribution < 1.29 is 18.3 Å². The zero-order valence-electron chi connectivity index (χ0n) is 22.9. The lowest BCUT2D eigenvalue weighted by molar-refractivity contribution is 0.284. The van der Waals surface area contributed by atoms with Crippen LogP contribution in [0, 0.1) is 6.92 Å². The number of allylic oxidation sites excluding steroid dienone is 7. The number of hydrogen-bond donors (Lipinski definition) is 1. The van der Waals surface area contributed by atoms with Gasteiger partial charge in [0.1, 0.15) is 25.4 Å². The smallest absolute Gasteiger partial charge is 0.132 e.